The second-order valence-corrected chi connectivity index (χ2v) is 4.70. The van der Waals surface area contributed by atoms with Crippen molar-refractivity contribution in [1.29, 1.82) is 0 Å². The van der Waals surface area contributed by atoms with E-state index >= 15 is 0 Å². The fourth-order valence-corrected chi connectivity index (χ4v) is 1.29. The lowest BCUT2D eigenvalue weighted by Crippen LogP contribution is -2.30. The summed E-state index contributed by atoms with van der Waals surface area (Å²) in [5.41, 5.74) is 0.995. The molecule has 1 rings (SSSR count). The predicted molar refractivity (Wildman–Crippen MR) is 73.1 cm³/mol. The lowest BCUT2D eigenvalue weighted by molar-refractivity contribution is -0.124. The summed E-state index contributed by atoms with van der Waals surface area (Å²) in [6.45, 7) is 5.61. The Balaban J connectivity index is 2.95. The van der Waals surface area contributed by atoms with E-state index in [0.29, 0.717) is 11.3 Å². The van der Waals surface area contributed by atoms with Gasteiger partial charge >= 0.3 is 0 Å². The van der Waals surface area contributed by atoms with Crippen molar-refractivity contribution < 1.29 is 9.90 Å². The molecule has 0 fully saturated rings. The Morgan fingerprint density at radius 2 is 2.06 bits per heavy atom. The van der Waals surface area contributed by atoms with Crippen LogP contribution in [0.4, 0.5) is 5.69 Å². The molecule has 0 aliphatic heterocycles. The molecule has 0 heterocycles. The minimum absolute atomic E-state index is 0.0248. The molecule has 18 heavy (non-hydrogen) atoms. The number of anilines is 1. The van der Waals surface area contributed by atoms with Gasteiger partial charge in [0, 0.05) is 11.0 Å². The number of hydrogen-bond donors (Lipinski definition) is 2. The van der Waals surface area contributed by atoms with Crippen molar-refractivity contribution in [2.45, 2.75) is 27.2 Å². The van der Waals surface area contributed by atoms with Crippen LogP contribution in [0.15, 0.2) is 24.3 Å². The van der Waals surface area contributed by atoms with Crippen LogP contribution in [-0.4, -0.2) is 17.6 Å². The zero-order chi connectivity index (χ0) is 13.6. The Kier molecular flexibility index (Phi) is 4.94. The number of amides is 1. The molecule has 96 valence electrons. The molecule has 0 bridgehead atoms. The highest BCUT2D eigenvalue weighted by atomic mass is 16.2. The van der Waals surface area contributed by atoms with Crippen LogP contribution in [0.5, 0.6) is 0 Å². The van der Waals surface area contributed by atoms with Gasteiger partial charge < -0.3 is 10.4 Å². The third-order valence-electron chi connectivity index (χ3n) is 2.98. The SMILES string of the molecule is CCC(C)(C)C(=O)Nc1ccccc1C#CCO. The molecule has 3 nitrogen and oxygen atoms in total. The molecular weight excluding hydrogens is 226 g/mol. The van der Waals surface area contributed by atoms with E-state index in [-0.39, 0.29) is 12.5 Å². The molecule has 1 amide bonds. The van der Waals surface area contributed by atoms with Crippen molar-refractivity contribution >= 4 is 11.6 Å². The molecule has 3 heteroatoms. The maximum atomic E-state index is 12.1. The van der Waals surface area contributed by atoms with E-state index < -0.39 is 5.41 Å². The fourth-order valence-electron chi connectivity index (χ4n) is 1.29. The highest BCUT2D eigenvalue weighted by molar-refractivity contribution is 5.95. The highest BCUT2D eigenvalue weighted by Gasteiger charge is 2.25. The standard InChI is InChI=1S/C15H19NO2/c1-4-15(2,3)14(18)16-13-10-6-5-8-12(13)9-7-11-17/h5-6,8,10,17H,4,11H2,1-3H3,(H,16,18). The van der Waals surface area contributed by atoms with Gasteiger partial charge in [-0.2, -0.15) is 0 Å². The van der Waals surface area contributed by atoms with E-state index in [1.54, 1.807) is 0 Å². The fraction of sp³-hybridized carbons (Fsp3) is 0.400. The van der Waals surface area contributed by atoms with Gasteiger partial charge in [-0.1, -0.05) is 44.7 Å². The van der Waals surface area contributed by atoms with Crippen LogP contribution in [0.2, 0.25) is 0 Å². The zero-order valence-corrected chi connectivity index (χ0v) is 11.1. The number of hydrogen-bond acceptors (Lipinski definition) is 2. The average molecular weight is 245 g/mol. The van der Waals surface area contributed by atoms with Gasteiger partial charge in [0.15, 0.2) is 0 Å². The van der Waals surface area contributed by atoms with Crippen molar-refractivity contribution in [3.05, 3.63) is 29.8 Å². The molecule has 0 aliphatic carbocycles. The minimum Gasteiger partial charge on any atom is -0.384 e. The first-order valence-electron chi connectivity index (χ1n) is 6.01. The van der Waals surface area contributed by atoms with Gasteiger partial charge in [0.2, 0.25) is 5.91 Å². The summed E-state index contributed by atoms with van der Waals surface area (Å²) in [6.07, 6.45) is 0.767. The van der Waals surface area contributed by atoms with Gasteiger partial charge in [-0.15, -0.1) is 0 Å². The van der Waals surface area contributed by atoms with Crippen LogP contribution in [0.25, 0.3) is 0 Å². The molecular formula is C15H19NO2. The van der Waals surface area contributed by atoms with Crippen molar-refractivity contribution in [3.63, 3.8) is 0 Å². The lowest BCUT2D eigenvalue weighted by atomic mass is 9.89. The van der Waals surface area contributed by atoms with Gasteiger partial charge in [-0.05, 0) is 18.6 Å². The summed E-state index contributed by atoms with van der Waals surface area (Å²) in [5.74, 6) is 5.38. The van der Waals surface area contributed by atoms with Crippen LogP contribution < -0.4 is 5.32 Å². The number of carbonyl (C=O) groups is 1. The highest BCUT2D eigenvalue weighted by Crippen LogP contribution is 2.23. The summed E-state index contributed by atoms with van der Waals surface area (Å²) in [6, 6.07) is 7.32. The number of aliphatic hydroxyl groups is 1. The van der Waals surface area contributed by atoms with Gasteiger partial charge in [0.1, 0.15) is 6.61 Å². The molecule has 0 spiro atoms. The third-order valence-corrected chi connectivity index (χ3v) is 2.98. The molecule has 0 radical (unpaired) electrons. The van der Waals surface area contributed by atoms with Crippen LogP contribution >= 0.6 is 0 Å². The van der Waals surface area contributed by atoms with Crippen molar-refractivity contribution in [3.8, 4) is 11.8 Å². The maximum absolute atomic E-state index is 12.1. The summed E-state index contributed by atoms with van der Waals surface area (Å²) < 4.78 is 0. The Labute approximate surface area is 108 Å². The van der Waals surface area contributed by atoms with Gasteiger partial charge in [0.25, 0.3) is 0 Å². The second kappa shape index (κ2) is 6.23. The zero-order valence-electron chi connectivity index (χ0n) is 11.1. The Morgan fingerprint density at radius 1 is 1.39 bits per heavy atom. The Bertz CT molecular complexity index is 481. The van der Waals surface area contributed by atoms with Crippen LogP contribution in [-0.2, 0) is 4.79 Å². The van der Waals surface area contributed by atoms with E-state index in [9.17, 15) is 4.79 Å². The van der Waals surface area contributed by atoms with Crippen LogP contribution in [0, 0.1) is 17.3 Å². The van der Waals surface area contributed by atoms with E-state index in [1.807, 2.05) is 45.0 Å². The molecule has 0 saturated carbocycles. The van der Waals surface area contributed by atoms with Gasteiger partial charge in [0.05, 0.1) is 5.69 Å². The number of aliphatic hydroxyl groups excluding tert-OH is 1. The van der Waals surface area contributed by atoms with Gasteiger partial charge in [-0.25, -0.2) is 0 Å². The Hall–Kier alpha value is -1.79. The summed E-state index contributed by atoms with van der Waals surface area (Å²) >= 11 is 0. The largest absolute Gasteiger partial charge is 0.384 e. The summed E-state index contributed by atoms with van der Waals surface area (Å²) in [5, 5.41) is 11.6. The normalized spacial score (nSPS) is 10.4. The Morgan fingerprint density at radius 3 is 2.67 bits per heavy atom. The van der Waals surface area contributed by atoms with Gasteiger partial charge in [-0.3, -0.25) is 4.79 Å². The monoisotopic (exact) mass is 245 g/mol. The number of rotatable bonds is 3. The molecule has 0 aliphatic rings. The molecule has 2 N–H and O–H groups in total. The first-order valence-corrected chi connectivity index (χ1v) is 6.01. The maximum Gasteiger partial charge on any atom is 0.230 e. The smallest absolute Gasteiger partial charge is 0.230 e. The van der Waals surface area contributed by atoms with E-state index in [1.165, 1.54) is 0 Å². The number of nitrogens with one attached hydrogen (secondary N) is 1. The lowest BCUT2D eigenvalue weighted by Gasteiger charge is -2.21. The quantitative estimate of drug-likeness (QED) is 0.803. The van der Waals surface area contributed by atoms with E-state index in [0.717, 1.165) is 6.42 Å². The third kappa shape index (κ3) is 3.61. The molecule has 0 unspecified atom stereocenters. The predicted octanol–water partition coefficient (Wildman–Crippen LogP) is 2.41. The summed E-state index contributed by atoms with van der Waals surface area (Å²) in [7, 11) is 0. The minimum atomic E-state index is -0.405. The van der Waals surface area contributed by atoms with E-state index in [2.05, 4.69) is 17.2 Å². The number of benzene rings is 1. The second-order valence-electron chi connectivity index (χ2n) is 4.70. The van der Waals surface area contributed by atoms with Crippen molar-refractivity contribution in [2.75, 3.05) is 11.9 Å². The number of para-hydroxylation sites is 1. The van der Waals surface area contributed by atoms with Crippen molar-refractivity contribution in [2.24, 2.45) is 5.41 Å². The van der Waals surface area contributed by atoms with Crippen LogP contribution in [0.1, 0.15) is 32.8 Å². The first kappa shape index (κ1) is 14.3. The average Bonchev–Trinajstić information content (AvgIpc) is 2.37. The summed E-state index contributed by atoms with van der Waals surface area (Å²) in [4.78, 5) is 12.1. The topological polar surface area (TPSA) is 49.3 Å². The van der Waals surface area contributed by atoms with E-state index in [4.69, 9.17) is 5.11 Å². The molecule has 0 atom stereocenters. The van der Waals surface area contributed by atoms with Crippen LogP contribution in [0.3, 0.4) is 0 Å². The first-order chi connectivity index (χ1) is 8.51. The molecule has 1 aromatic rings. The van der Waals surface area contributed by atoms with Crippen molar-refractivity contribution in [1.82, 2.24) is 0 Å². The number of carbonyl (C=O) groups excluding carboxylic acids is 1. The molecule has 1 aromatic carbocycles. The molecule has 0 aromatic heterocycles. The molecule has 0 saturated heterocycles.